The van der Waals surface area contributed by atoms with Gasteiger partial charge in [0.05, 0.1) is 11.3 Å². The Labute approximate surface area is 144 Å². The van der Waals surface area contributed by atoms with Gasteiger partial charge in [0.15, 0.2) is 0 Å². The van der Waals surface area contributed by atoms with Crippen LogP contribution in [0.25, 0.3) is 0 Å². The van der Waals surface area contributed by atoms with E-state index in [0.717, 1.165) is 31.5 Å². The molecule has 0 aliphatic carbocycles. The predicted molar refractivity (Wildman–Crippen MR) is 95.1 cm³/mol. The summed E-state index contributed by atoms with van der Waals surface area (Å²) >= 11 is 0. The largest absolute Gasteiger partial charge is 0.339 e. The maximum atomic E-state index is 12.7. The first-order valence-corrected chi connectivity index (χ1v) is 7.93. The van der Waals surface area contributed by atoms with Crippen molar-refractivity contribution in [1.29, 1.82) is 0 Å². The Balaban J connectivity index is 0.00000264. The van der Waals surface area contributed by atoms with Crippen molar-refractivity contribution in [2.45, 2.75) is 45.6 Å². The van der Waals surface area contributed by atoms with E-state index in [2.05, 4.69) is 5.32 Å². The number of halogens is 1. The number of carbonyl (C=O) groups is 2. The highest BCUT2D eigenvalue weighted by molar-refractivity contribution is 6.04. The second-order valence-corrected chi connectivity index (χ2v) is 6.06. The van der Waals surface area contributed by atoms with E-state index in [9.17, 15) is 9.59 Å². The molecule has 1 aliphatic heterocycles. The van der Waals surface area contributed by atoms with Crippen LogP contribution in [-0.2, 0) is 4.79 Å². The van der Waals surface area contributed by atoms with Crippen LogP contribution < -0.4 is 11.1 Å². The highest BCUT2D eigenvalue weighted by atomic mass is 35.5. The third-order valence-electron chi connectivity index (χ3n) is 3.98. The lowest BCUT2D eigenvalue weighted by atomic mass is 10.0. The number of hydrogen-bond acceptors (Lipinski definition) is 3. The normalized spacial score (nSPS) is 15.0. The van der Waals surface area contributed by atoms with Gasteiger partial charge >= 0.3 is 0 Å². The van der Waals surface area contributed by atoms with Gasteiger partial charge in [-0.25, -0.2) is 0 Å². The fraction of sp³-hybridized carbons (Fsp3) is 0.529. The number of hydrogen-bond donors (Lipinski definition) is 2. The molecule has 2 rings (SSSR count). The molecule has 6 heteroatoms. The monoisotopic (exact) mass is 339 g/mol. The van der Waals surface area contributed by atoms with Crippen LogP contribution in [0.3, 0.4) is 0 Å². The molecule has 1 saturated heterocycles. The maximum absolute atomic E-state index is 12.7. The predicted octanol–water partition coefficient (Wildman–Crippen LogP) is 2.72. The van der Waals surface area contributed by atoms with Gasteiger partial charge in [-0.1, -0.05) is 12.1 Å². The molecule has 23 heavy (non-hydrogen) atoms. The molecule has 1 aromatic carbocycles. The number of rotatable bonds is 5. The first-order valence-electron chi connectivity index (χ1n) is 7.93. The van der Waals surface area contributed by atoms with Gasteiger partial charge in [-0.3, -0.25) is 9.59 Å². The SMILES string of the molecule is Cc1cccc(NC(=O)CCC(C)N)c1C(=O)N1CCCC1.Cl. The molecule has 1 atom stereocenters. The zero-order chi connectivity index (χ0) is 16.1. The number of carbonyl (C=O) groups excluding carboxylic acids is 2. The Morgan fingerprint density at radius 3 is 2.57 bits per heavy atom. The first kappa shape index (κ1) is 19.5. The lowest BCUT2D eigenvalue weighted by molar-refractivity contribution is -0.116. The molecule has 1 aliphatic rings. The molecule has 1 aromatic rings. The smallest absolute Gasteiger partial charge is 0.256 e. The number of nitrogens with two attached hydrogens (primary N) is 1. The summed E-state index contributed by atoms with van der Waals surface area (Å²) < 4.78 is 0. The molecule has 0 bridgehead atoms. The van der Waals surface area contributed by atoms with Crippen molar-refractivity contribution in [3.05, 3.63) is 29.3 Å². The standard InChI is InChI=1S/C17H25N3O2.ClH/c1-12-6-5-7-14(19-15(21)9-8-13(2)18)16(12)17(22)20-10-3-4-11-20;/h5-7,13H,3-4,8-11,18H2,1-2H3,(H,19,21);1H. The van der Waals surface area contributed by atoms with Crippen molar-refractivity contribution in [2.75, 3.05) is 18.4 Å². The summed E-state index contributed by atoms with van der Waals surface area (Å²) in [5.41, 5.74) is 7.78. The Hall–Kier alpha value is -1.59. The van der Waals surface area contributed by atoms with Crippen LogP contribution in [0.1, 0.15) is 48.5 Å². The first-order chi connectivity index (χ1) is 10.5. The Bertz CT molecular complexity index is 555. The van der Waals surface area contributed by atoms with Crippen LogP contribution in [0.2, 0.25) is 0 Å². The molecule has 5 nitrogen and oxygen atoms in total. The van der Waals surface area contributed by atoms with E-state index in [0.29, 0.717) is 24.1 Å². The maximum Gasteiger partial charge on any atom is 0.256 e. The number of amides is 2. The average Bonchev–Trinajstić information content (AvgIpc) is 2.99. The second kappa shape index (κ2) is 8.89. The number of likely N-dealkylation sites (tertiary alicyclic amines) is 1. The van der Waals surface area contributed by atoms with Gasteiger partial charge < -0.3 is 16.0 Å². The molecule has 128 valence electrons. The molecule has 1 heterocycles. The third-order valence-corrected chi connectivity index (χ3v) is 3.98. The van der Waals surface area contributed by atoms with Gasteiger partial charge in [0.2, 0.25) is 5.91 Å². The minimum Gasteiger partial charge on any atom is -0.339 e. The summed E-state index contributed by atoms with van der Waals surface area (Å²) in [6.07, 6.45) is 3.09. The van der Waals surface area contributed by atoms with Gasteiger partial charge in [-0.05, 0) is 44.7 Å². The van der Waals surface area contributed by atoms with Crippen molar-refractivity contribution in [3.8, 4) is 0 Å². The van der Waals surface area contributed by atoms with Gasteiger partial charge in [-0.2, -0.15) is 0 Å². The van der Waals surface area contributed by atoms with Crippen LogP contribution >= 0.6 is 12.4 Å². The summed E-state index contributed by atoms with van der Waals surface area (Å²) in [5, 5.41) is 2.87. The Kier molecular flexibility index (Phi) is 7.52. The molecule has 1 unspecified atom stereocenters. The van der Waals surface area contributed by atoms with Crippen LogP contribution in [0.4, 0.5) is 5.69 Å². The topological polar surface area (TPSA) is 75.4 Å². The number of nitrogens with one attached hydrogen (secondary N) is 1. The fourth-order valence-corrected chi connectivity index (χ4v) is 2.71. The molecule has 0 saturated carbocycles. The number of aryl methyl sites for hydroxylation is 1. The molecular weight excluding hydrogens is 314 g/mol. The van der Waals surface area contributed by atoms with Crippen molar-refractivity contribution in [1.82, 2.24) is 4.90 Å². The van der Waals surface area contributed by atoms with E-state index >= 15 is 0 Å². The minimum absolute atomic E-state index is 0. The highest BCUT2D eigenvalue weighted by Crippen LogP contribution is 2.24. The Morgan fingerprint density at radius 1 is 1.30 bits per heavy atom. The van der Waals surface area contributed by atoms with Crippen molar-refractivity contribution < 1.29 is 9.59 Å². The molecule has 3 N–H and O–H groups in total. The van der Waals surface area contributed by atoms with Crippen LogP contribution in [0.15, 0.2) is 18.2 Å². The van der Waals surface area contributed by atoms with Crippen LogP contribution in [0, 0.1) is 6.92 Å². The summed E-state index contributed by atoms with van der Waals surface area (Å²) in [5.74, 6) is -0.0866. The summed E-state index contributed by atoms with van der Waals surface area (Å²) in [6.45, 7) is 5.37. The van der Waals surface area contributed by atoms with Crippen molar-refractivity contribution in [3.63, 3.8) is 0 Å². The summed E-state index contributed by atoms with van der Waals surface area (Å²) in [4.78, 5) is 26.6. The molecule has 0 radical (unpaired) electrons. The fourth-order valence-electron chi connectivity index (χ4n) is 2.71. The van der Waals surface area contributed by atoms with Crippen molar-refractivity contribution >= 4 is 29.9 Å². The Morgan fingerprint density at radius 2 is 1.96 bits per heavy atom. The van der Waals surface area contributed by atoms with Crippen molar-refractivity contribution in [2.24, 2.45) is 5.73 Å². The zero-order valence-corrected chi connectivity index (χ0v) is 14.6. The molecule has 1 fully saturated rings. The second-order valence-electron chi connectivity index (χ2n) is 6.06. The van der Waals surface area contributed by atoms with Gasteiger partial charge in [0.1, 0.15) is 0 Å². The zero-order valence-electron chi connectivity index (χ0n) is 13.8. The minimum atomic E-state index is -0.0987. The van der Waals surface area contributed by atoms with Crippen LogP contribution in [0.5, 0.6) is 0 Å². The van der Waals surface area contributed by atoms with Gasteiger partial charge in [-0.15, -0.1) is 12.4 Å². The molecular formula is C17H26ClN3O2. The van der Waals surface area contributed by atoms with E-state index in [1.807, 2.05) is 30.9 Å². The molecule has 0 aromatic heterocycles. The quantitative estimate of drug-likeness (QED) is 0.866. The summed E-state index contributed by atoms with van der Waals surface area (Å²) in [6, 6.07) is 5.55. The lowest BCUT2D eigenvalue weighted by Gasteiger charge is -2.19. The molecule has 2 amide bonds. The number of anilines is 1. The van der Waals surface area contributed by atoms with Gasteiger partial charge in [0.25, 0.3) is 5.91 Å². The number of nitrogens with zero attached hydrogens (tertiary/aromatic N) is 1. The van der Waals surface area contributed by atoms with Gasteiger partial charge in [0, 0.05) is 25.6 Å². The average molecular weight is 340 g/mol. The van der Waals surface area contributed by atoms with E-state index < -0.39 is 0 Å². The molecule has 0 spiro atoms. The van der Waals surface area contributed by atoms with E-state index in [-0.39, 0.29) is 30.3 Å². The van der Waals surface area contributed by atoms with Crippen LogP contribution in [-0.4, -0.2) is 35.8 Å². The summed E-state index contributed by atoms with van der Waals surface area (Å²) in [7, 11) is 0. The third kappa shape index (κ3) is 5.22. The number of benzene rings is 1. The van der Waals surface area contributed by atoms with E-state index in [1.54, 1.807) is 6.07 Å². The van der Waals surface area contributed by atoms with E-state index in [1.165, 1.54) is 0 Å². The lowest BCUT2D eigenvalue weighted by Crippen LogP contribution is -2.29. The highest BCUT2D eigenvalue weighted by Gasteiger charge is 2.23. The van der Waals surface area contributed by atoms with E-state index in [4.69, 9.17) is 5.73 Å².